The highest BCUT2D eigenvalue weighted by Gasteiger charge is 2.37. The molecule has 0 unspecified atom stereocenters. The van der Waals surface area contributed by atoms with Crippen LogP contribution in [0.1, 0.15) is 22.3 Å². The molecule has 1 fully saturated rings. The predicted octanol–water partition coefficient (Wildman–Crippen LogP) is 2.67. The van der Waals surface area contributed by atoms with Crippen molar-refractivity contribution in [3.63, 3.8) is 0 Å². The summed E-state index contributed by atoms with van der Waals surface area (Å²) in [4.78, 5) is 47.2. The van der Waals surface area contributed by atoms with Crippen molar-refractivity contribution in [3.8, 4) is 5.75 Å². The number of hydrogen-bond acceptors (Lipinski definition) is 6. The minimum absolute atomic E-state index is 0.0348. The van der Waals surface area contributed by atoms with E-state index in [1.807, 2.05) is 0 Å². The molecule has 1 heterocycles. The maximum atomic E-state index is 12.3. The molecule has 1 aliphatic rings. The minimum atomic E-state index is -0.677. The van der Waals surface area contributed by atoms with Crippen LogP contribution < -0.4 is 9.64 Å². The Hall–Kier alpha value is -3.55. The second kappa shape index (κ2) is 7.36. The summed E-state index contributed by atoms with van der Waals surface area (Å²) in [6.07, 6.45) is 0.646. The maximum absolute atomic E-state index is 12.3. The van der Waals surface area contributed by atoms with Crippen molar-refractivity contribution in [2.24, 2.45) is 5.92 Å². The Morgan fingerprint density at radius 2 is 1.96 bits per heavy atom. The predicted molar refractivity (Wildman–Crippen MR) is 95.8 cm³/mol. The van der Waals surface area contributed by atoms with Gasteiger partial charge in [0, 0.05) is 30.2 Å². The molecule has 8 heteroatoms. The van der Waals surface area contributed by atoms with Crippen molar-refractivity contribution in [2.75, 3.05) is 11.4 Å². The van der Waals surface area contributed by atoms with Gasteiger partial charge in [0.25, 0.3) is 5.69 Å². The lowest BCUT2D eigenvalue weighted by Crippen LogP contribution is -2.27. The number of amides is 1. The Bertz CT molecular complexity index is 922. The van der Waals surface area contributed by atoms with E-state index in [-0.39, 0.29) is 30.3 Å². The van der Waals surface area contributed by atoms with Gasteiger partial charge in [0.1, 0.15) is 12.0 Å². The highest BCUT2D eigenvalue weighted by atomic mass is 16.6. The highest BCUT2D eigenvalue weighted by molar-refractivity contribution is 6.00. The molecule has 1 aliphatic heterocycles. The fourth-order valence-corrected chi connectivity index (χ4v) is 2.89. The highest BCUT2D eigenvalue weighted by Crippen LogP contribution is 2.30. The number of aldehydes is 1. The first-order valence-corrected chi connectivity index (χ1v) is 8.21. The first kappa shape index (κ1) is 18.2. The molecule has 1 atom stereocenters. The van der Waals surface area contributed by atoms with Gasteiger partial charge in [0.05, 0.1) is 16.5 Å². The molecule has 1 saturated heterocycles. The number of rotatable bonds is 5. The molecule has 27 heavy (non-hydrogen) atoms. The SMILES string of the molecule is Cc1ccc(N2C[C@H](C(=O)Oc3ccc(C=O)cc3)CC2=O)cc1[N+](=O)[O-]. The van der Waals surface area contributed by atoms with Crippen LogP contribution in [-0.4, -0.2) is 29.6 Å². The van der Waals surface area contributed by atoms with E-state index in [1.54, 1.807) is 19.1 Å². The molecule has 0 aliphatic carbocycles. The van der Waals surface area contributed by atoms with Crippen molar-refractivity contribution in [3.05, 3.63) is 63.7 Å². The zero-order valence-electron chi connectivity index (χ0n) is 14.5. The van der Waals surface area contributed by atoms with E-state index in [2.05, 4.69) is 0 Å². The van der Waals surface area contributed by atoms with Crippen molar-refractivity contribution >= 4 is 29.5 Å². The van der Waals surface area contributed by atoms with Crippen LogP contribution in [0.4, 0.5) is 11.4 Å². The lowest BCUT2D eigenvalue weighted by Gasteiger charge is -2.16. The van der Waals surface area contributed by atoms with E-state index in [4.69, 9.17) is 4.74 Å². The van der Waals surface area contributed by atoms with Crippen LogP contribution in [0.25, 0.3) is 0 Å². The number of ether oxygens (including phenoxy) is 1. The molecule has 0 spiro atoms. The molecule has 8 nitrogen and oxygen atoms in total. The molecule has 0 bridgehead atoms. The van der Waals surface area contributed by atoms with E-state index >= 15 is 0 Å². The molecule has 0 radical (unpaired) electrons. The number of carbonyl (C=O) groups is 3. The standard InChI is InChI=1S/C19H16N2O6/c1-12-2-5-15(9-17(12)21(25)26)20-10-14(8-18(20)23)19(24)27-16-6-3-13(11-22)4-7-16/h2-7,9,11,14H,8,10H2,1H3/t14-/m1/s1. The van der Waals surface area contributed by atoms with Crippen LogP contribution >= 0.6 is 0 Å². The summed E-state index contributed by atoms with van der Waals surface area (Å²) >= 11 is 0. The average molecular weight is 368 g/mol. The van der Waals surface area contributed by atoms with Crippen LogP contribution in [0.5, 0.6) is 5.75 Å². The largest absolute Gasteiger partial charge is 0.426 e. The molecular formula is C19H16N2O6. The zero-order chi connectivity index (χ0) is 19.6. The summed E-state index contributed by atoms with van der Waals surface area (Å²) in [5.74, 6) is -1.26. The fraction of sp³-hybridized carbons (Fsp3) is 0.211. The van der Waals surface area contributed by atoms with E-state index in [0.717, 1.165) is 0 Å². The molecule has 0 saturated carbocycles. The third-order valence-electron chi connectivity index (χ3n) is 4.39. The number of nitrogens with zero attached hydrogens (tertiary/aromatic N) is 2. The van der Waals surface area contributed by atoms with Crippen LogP contribution in [-0.2, 0) is 9.59 Å². The molecule has 0 aromatic heterocycles. The monoisotopic (exact) mass is 368 g/mol. The van der Waals surface area contributed by atoms with Crippen molar-refractivity contribution in [2.45, 2.75) is 13.3 Å². The second-order valence-electron chi connectivity index (χ2n) is 6.24. The van der Waals surface area contributed by atoms with Gasteiger partial charge in [-0.05, 0) is 37.3 Å². The van der Waals surface area contributed by atoms with Gasteiger partial charge in [0.15, 0.2) is 0 Å². The molecule has 1 amide bonds. The van der Waals surface area contributed by atoms with Gasteiger partial charge in [-0.2, -0.15) is 0 Å². The fourth-order valence-electron chi connectivity index (χ4n) is 2.89. The van der Waals surface area contributed by atoms with Gasteiger partial charge in [-0.3, -0.25) is 24.5 Å². The van der Waals surface area contributed by atoms with Crippen molar-refractivity contribution < 1.29 is 24.0 Å². The Labute approximate surface area is 154 Å². The number of nitro benzene ring substituents is 1. The number of aryl methyl sites for hydroxylation is 1. The van der Waals surface area contributed by atoms with Crippen molar-refractivity contribution in [1.29, 1.82) is 0 Å². The molecule has 2 aromatic rings. The summed E-state index contributed by atoms with van der Waals surface area (Å²) < 4.78 is 5.27. The second-order valence-corrected chi connectivity index (χ2v) is 6.24. The third-order valence-corrected chi connectivity index (χ3v) is 4.39. The smallest absolute Gasteiger partial charge is 0.316 e. The number of hydrogen-bond donors (Lipinski definition) is 0. The van der Waals surface area contributed by atoms with Crippen molar-refractivity contribution in [1.82, 2.24) is 0 Å². The summed E-state index contributed by atoms with van der Waals surface area (Å²) in [7, 11) is 0. The number of esters is 1. The van der Waals surface area contributed by atoms with Gasteiger partial charge in [0.2, 0.25) is 5.91 Å². The molecule has 0 N–H and O–H groups in total. The Balaban J connectivity index is 1.72. The van der Waals surface area contributed by atoms with E-state index in [9.17, 15) is 24.5 Å². The Morgan fingerprint density at radius 3 is 2.59 bits per heavy atom. The normalized spacial score (nSPS) is 16.3. The van der Waals surface area contributed by atoms with E-state index in [0.29, 0.717) is 23.1 Å². The van der Waals surface area contributed by atoms with Crippen LogP contribution in [0.3, 0.4) is 0 Å². The topological polar surface area (TPSA) is 107 Å². The van der Waals surface area contributed by atoms with Crippen LogP contribution in [0.2, 0.25) is 0 Å². The molecule has 2 aromatic carbocycles. The Kier molecular flexibility index (Phi) is 4.98. The van der Waals surface area contributed by atoms with E-state index in [1.165, 1.54) is 35.2 Å². The van der Waals surface area contributed by atoms with Crippen LogP contribution in [0, 0.1) is 23.0 Å². The Morgan fingerprint density at radius 1 is 1.26 bits per heavy atom. The maximum Gasteiger partial charge on any atom is 0.316 e. The molecule has 138 valence electrons. The summed E-state index contributed by atoms with van der Waals surface area (Å²) in [6, 6.07) is 10.6. The van der Waals surface area contributed by atoms with E-state index < -0.39 is 16.8 Å². The average Bonchev–Trinajstić information content (AvgIpc) is 3.04. The third kappa shape index (κ3) is 3.84. The van der Waals surface area contributed by atoms with Gasteiger partial charge in [-0.15, -0.1) is 0 Å². The minimum Gasteiger partial charge on any atom is -0.426 e. The number of carbonyl (C=O) groups excluding carboxylic acids is 3. The first-order valence-electron chi connectivity index (χ1n) is 8.21. The molecule has 3 rings (SSSR count). The summed E-state index contributed by atoms with van der Waals surface area (Å²) in [5, 5.41) is 11.1. The van der Waals surface area contributed by atoms with Crippen LogP contribution in [0.15, 0.2) is 42.5 Å². The summed E-state index contributed by atoms with van der Waals surface area (Å²) in [5.41, 5.74) is 1.24. The quantitative estimate of drug-likeness (QED) is 0.264. The molecular weight excluding hydrogens is 352 g/mol. The summed E-state index contributed by atoms with van der Waals surface area (Å²) in [6.45, 7) is 1.70. The lowest BCUT2D eigenvalue weighted by molar-refractivity contribution is -0.385. The zero-order valence-corrected chi connectivity index (χ0v) is 14.5. The van der Waals surface area contributed by atoms with Gasteiger partial charge >= 0.3 is 5.97 Å². The van der Waals surface area contributed by atoms with Gasteiger partial charge < -0.3 is 9.64 Å². The van der Waals surface area contributed by atoms with Gasteiger partial charge in [-0.25, -0.2) is 0 Å². The number of anilines is 1. The number of nitro groups is 1. The number of benzene rings is 2. The van der Waals surface area contributed by atoms with Gasteiger partial charge in [-0.1, -0.05) is 6.07 Å². The lowest BCUT2D eigenvalue weighted by atomic mass is 10.1. The first-order chi connectivity index (χ1) is 12.9.